The Hall–Kier alpha value is -0.0800. The Bertz CT molecular complexity index is 259. The van der Waals surface area contributed by atoms with Crippen molar-refractivity contribution in [3.63, 3.8) is 0 Å². The third-order valence-corrected chi connectivity index (χ3v) is 6.37. The Morgan fingerprint density at radius 2 is 0.885 bits per heavy atom. The van der Waals surface area contributed by atoms with Crippen LogP contribution >= 0.6 is 0 Å². The molecule has 0 rings (SSSR count). The molecule has 0 fully saturated rings. The average Bonchev–Trinajstić information content (AvgIpc) is 2.65. The van der Waals surface area contributed by atoms with Gasteiger partial charge >= 0.3 is 0 Å². The van der Waals surface area contributed by atoms with E-state index in [1.54, 1.807) is 0 Å². The van der Waals surface area contributed by atoms with E-state index in [9.17, 15) is 5.11 Å². The van der Waals surface area contributed by atoms with Gasteiger partial charge in [0.2, 0.25) is 0 Å². The highest BCUT2D eigenvalue weighted by Gasteiger charge is 2.27. The number of aliphatic hydroxyl groups excluding tert-OH is 1. The molecule has 0 aliphatic carbocycles. The molecule has 26 heavy (non-hydrogen) atoms. The SMILES string of the molecule is CCCCCCCCCC[N+](C)(CCCCCCCCCC)C(C)CO. The molecular weight excluding hydrogens is 318 g/mol. The quantitative estimate of drug-likeness (QED) is 0.179. The number of hydrogen-bond acceptors (Lipinski definition) is 1. The lowest BCUT2D eigenvalue weighted by Gasteiger charge is -2.39. The Morgan fingerprint density at radius 3 is 1.19 bits per heavy atom. The zero-order chi connectivity index (χ0) is 19.5. The first-order chi connectivity index (χ1) is 12.6. The van der Waals surface area contributed by atoms with Crippen molar-refractivity contribution in [3.05, 3.63) is 0 Å². The Morgan fingerprint density at radius 1 is 0.577 bits per heavy atom. The van der Waals surface area contributed by atoms with Crippen molar-refractivity contribution < 1.29 is 9.59 Å². The van der Waals surface area contributed by atoms with Crippen LogP contribution in [-0.2, 0) is 0 Å². The Balaban J connectivity index is 3.86. The molecule has 1 unspecified atom stereocenters. The predicted octanol–water partition coefficient (Wildman–Crippen LogP) is 7.10. The van der Waals surface area contributed by atoms with E-state index in [2.05, 4.69) is 27.8 Å². The molecule has 1 atom stereocenters. The summed E-state index contributed by atoms with van der Waals surface area (Å²) in [6.45, 7) is 9.61. The number of aliphatic hydroxyl groups is 1. The van der Waals surface area contributed by atoms with Gasteiger partial charge in [-0.2, -0.15) is 0 Å². The zero-order valence-electron chi connectivity index (χ0n) is 18.9. The average molecular weight is 371 g/mol. The molecule has 1 N–H and O–H groups in total. The number of likely N-dealkylation sites (N-methyl/N-ethyl adjacent to an activating group) is 1. The first kappa shape index (κ1) is 25.9. The largest absolute Gasteiger partial charge is 0.390 e. The van der Waals surface area contributed by atoms with Gasteiger partial charge in [-0.1, -0.05) is 90.9 Å². The molecule has 0 aromatic carbocycles. The van der Waals surface area contributed by atoms with Crippen molar-refractivity contribution in [2.75, 3.05) is 26.7 Å². The van der Waals surface area contributed by atoms with Gasteiger partial charge in [-0.05, 0) is 32.6 Å². The summed E-state index contributed by atoms with van der Waals surface area (Å²) in [5, 5.41) is 9.70. The van der Waals surface area contributed by atoms with Crippen molar-refractivity contribution in [2.45, 2.75) is 130 Å². The number of nitrogens with zero attached hydrogens (tertiary/aromatic N) is 1. The summed E-state index contributed by atoms with van der Waals surface area (Å²) in [6, 6.07) is 0.379. The molecule has 0 heterocycles. The van der Waals surface area contributed by atoms with Crippen molar-refractivity contribution in [1.29, 1.82) is 0 Å². The van der Waals surface area contributed by atoms with E-state index in [0.717, 1.165) is 4.48 Å². The standard InChI is InChI=1S/C24H52NO/c1-5-7-9-11-13-15-17-19-21-25(4,24(3)23-26)22-20-18-16-14-12-10-8-6-2/h24,26H,5-23H2,1-4H3/q+1. The van der Waals surface area contributed by atoms with Gasteiger partial charge in [-0.15, -0.1) is 0 Å². The van der Waals surface area contributed by atoms with E-state index in [0.29, 0.717) is 12.6 Å². The minimum absolute atomic E-state index is 0.324. The number of unbranched alkanes of at least 4 members (excludes halogenated alkanes) is 14. The Labute approximate surface area is 166 Å². The van der Waals surface area contributed by atoms with Crippen LogP contribution in [0.1, 0.15) is 124 Å². The molecule has 0 radical (unpaired) electrons. The van der Waals surface area contributed by atoms with E-state index in [1.807, 2.05) is 0 Å². The fraction of sp³-hybridized carbons (Fsp3) is 1.00. The summed E-state index contributed by atoms with van der Waals surface area (Å²) in [4.78, 5) is 0. The molecule has 0 aliphatic rings. The van der Waals surface area contributed by atoms with E-state index < -0.39 is 0 Å². The summed E-state index contributed by atoms with van der Waals surface area (Å²) in [5.41, 5.74) is 0. The fourth-order valence-corrected chi connectivity index (χ4v) is 3.96. The van der Waals surface area contributed by atoms with Crippen LogP contribution in [0.4, 0.5) is 0 Å². The molecule has 2 heteroatoms. The van der Waals surface area contributed by atoms with Crippen LogP contribution in [0.3, 0.4) is 0 Å². The summed E-state index contributed by atoms with van der Waals surface area (Å²) in [6.07, 6.45) is 22.2. The number of rotatable bonds is 20. The second-order valence-electron chi connectivity index (χ2n) is 8.91. The monoisotopic (exact) mass is 370 g/mol. The minimum Gasteiger partial charge on any atom is -0.390 e. The molecule has 0 aliphatic heterocycles. The van der Waals surface area contributed by atoms with Crippen molar-refractivity contribution in [2.24, 2.45) is 0 Å². The molecule has 158 valence electrons. The minimum atomic E-state index is 0.324. The van der Waals surface area contributed by atoms with E-state index in [4.69, 9.17) is 0 Å². The van der Waals surface area contributed by atoms with E-state index >= 15 is 0 Å². The molecule has 0 saturated heterocycles. The second-order valence-corrected chi connectivity index (χ2v) is 8.91. The van der Waals surface area contributed by atoms with Gasteiger partial charge in [0.25, 0.3) is 0 Å². The lowest BCUT2D eigenvalue weighted by molar-refractivity contribution is -0.932. The van der Waals surface area contributed by atoms with Gasteiger partial charge in [-0.25, -0.2) is 0 Å². The molecule has 2 nitrogen and oxygen atoms in total. The first-order valence-corrected chi connectivity index (χ1v) is 12.1. The molecule has 0 bridgehead atoms. The fourth-order valence-electron chi connectivity index (χ4n) is 3.96. The summed E-state index contributed by atoms with van der Waals surface area (Å²) < 4.78 is 1.07. The summed E-state index contributed by atoms with van der Waals surface area (Å²) in [7, 11) is 2.38. The van der Waals surface area contributed by atoms with Crippen LogP contribution in [0.2, 0.25) is 0 Å². The highest BCUT2D eigenvalue weighted by Crippen LogP contribution is 2.17. The second kappa shape index (κ2) is 18.3. The van der Waals surface area contributed by atoms with Crippen LogP contribution in [0, 0.1) is 0 Å². The van der Waals surface area contributed by atoms with E-state index in [1.165, 1.54) is 116 Å². The van der Waals surface area contributed by atoms with Crippen LogP contribution in [-0.4, -0.2) is 42.4 Å². The van der Waals surface area contributed by atoms with Crippen molar-refractivity contribution in [3.8, 4) is 0 Å². The van der Waals surface area contributed by atoms with Gasteiger partial charge in [0.1, 0.15) is 6.04 Å². The molecule has 0 spiro atoms. The first-order valence-electron chi connectivity index (χ1n) is 12.1. The lowest BCUT2D eigenvalue weighted by Crippen LogP contribution is -2.53. The highest BCUT2D eigenvalue weighted by molar-refractivity contribution is 4.54. The third kappa shape index (κ3) is 14.0. The molecule has 0 aromatic heterocycles. The molecule has 0 saturated carbocycles. The molecule has 0 amide bonds. The molecular formula is C24H52NO+. The smallest absolute Gasteiger partial charge is 0.109 e. The summed E-state index contributed by atoms with van der Waals surface area (Å²) in [5.74, 6) is 0. The number of quaternary nitrogens is 1. The van der Waals surface area contributed by atoms with Gasteiger partial charge in [-0.3, -0.25) is 0 Å². The predicted molar refractivity (Wildman–Crippen MR) is 118 cm³/mol. The van der Waals surface area contributed by atoms with Crippen LogP contribution in [0.15, 0.2) is 0 Å². The zero-order valence-corrected chi connectivity index (χ0v) is 18.9. The number of hydrogen-bond donors (Lipinski definition) is 1. The maximum Gasteiger partial charge on any atom is 0.109 e. The normalized spacial score (nSPS) is 13.3. The van der Waals surface area contributed by atoms with Gasteiger partial charge in [0.05, 0.1) is 26.7 Å². The third-order valence-electron chi connectivity index (χ3n) is 6.37. The summed E-state index contributed by atoms with van der Waals surface area (Å²) >= 11 is 0. The maximum absolute atomic E-state index is 9.70. The molecule has 0 aromatic rings. The van der Waals surface area contributed by atoms with Crippen LogP contribution < -0.4 is 0 Å². The van der Waals surface area contributed by atoms with Gasteiger partial charge < -0.3 is 9.59 Å². The van der Waals surface area contributed by atoms with Crippen molar-refractivity contribution in [1.82, 2.24) is 0 Å². The van der Waals surface area contributed by atoms with E-state index in [-0.39, 0.29) is 0 Å². The maximum atomic E-state index is 9.70. The van der Waals surface area contributed by atoms with Crippen LogP contribution in [0.5, 0.6) is 0 Å². The topological polar surface area (TPSA) is 20.2 Å². The lowest BCUT2D eigenvalue weighted by atomic mass is 10.1. The van der Waals surface area contributed by atoms with Crippen molar-refractivity contribution >= 4 is 0 Å². The van der Waals surface area contributed by atoms with Gasteiger partial charge in [0, 0.05) is 0 Å². The Kier molecular flexibility index (Phi) is 18.2. The van der Waals surface area contributed by atoms with Crippen LogP contribution in [0.25, 0.3) is 0 Å². The van der Waals surface area contributed by atoms with Gasteiger partial charge in [0.15, 0.2) is 0 Å². The highest BCUT2D eigenvalue weighted by atomic mass is 16.3.